The second kappa shape index (κ2) is 5.78. The molecule has 0 fully saturated rings. The zero-order valence-electron chi connectivity index (χ0n) is 7.78. The van der Waals surface area contributed by atoms with Gasteiger partial charge < -0.3 is 4.89 Å². The van der Waals surface area contributed by atoms with Crippen LogP contribution in [-0.4, -0.2) is 25.7 Å². The molecule has 1 N–H and O–H groups in total. The van der Waals surface area contributed by atoms with Gasteiger partial charge in [-0.05, 0) is 0 Å². The van der Waals surface area contributed by atoms with Crippen LogP contribution >= 0.6 is 15.6 Å². The largest absolute Gasteiger partial charge is 0.483 e. The first-order valence-electron chi connectivity index (χ1n) is 3.40. The molecule has 0 aliphatic carbocycles. The molecule has 9 heteroatoms. The van der Waals surface area contributed by atoms with E-state index in [1.807, 2.05) is 0 Å². The van der Waals surface area contributed by atoms with E-state index in [1.54, 1.807) is 0 Å². The van der Waals surface area contributed by atoms with Gasteiger partial charge in [-0.3, -0.25) is 13.6 Å². The SMILES string of the molecule is C=CCOP(=O)(O)OP(=O)(OC)OC. The van der Waals surface area contributed by atoms with E-state index < -0.39 is 15.6 Å². The molecule has 0 rings (SSSR count). The molecule has 0 spiro atoms. The lowest BCUT2D eigenvalue weighted by atomic mass is 10.7. The van der Waals surface area contributed by atoms with E-state index in [-0.39, 0.29) is 6.61 Å². The molecule has 0 amide bonds. The van der Waals surface area contributed by atoms with Gasteiger partial charge in [0.2, 0.25) is 0 Å². The molecule has 0 bridgehead atoms. The number of rotatable bonds is 7. The zero-order valence-corrected chi connectivity index (χ0v) is 9.57. The molecule has 0 aromatic rings. The summed E-state index contributed by atoms with van der Waals surface area (Å²) in [5.41, 5.74) is 0. The van der Waals surface area contributed by atoms with Gasteiger partial charge in [-0.25, -0.2) is 9.13 Å². The quantitative estimate of drug-likeness (QED) is 0.539. The van der Waals surface area contributed by atoms with Crippen LogP contribution in [0, 0.1) is 0 Å². The predicted octanol–water partition coefficient (Wildman–Crippen LogP) is 1.71. The third-order valence-electron chi connectivity index (χ3n) is 1.01. The lowest BCUT2D eigenvalue weighted by Gasteiger charge is -2.16. The summed E-state index contributed by atoms with van der Waals surface area (Å²) in [6.45, 7) is 3.04. The van der Waals surface area contributed by atoms with Crippen LogP contribution in [0.1, 0.15) is 0 Å². The van der Waals surface area contributed by atoms with Crippen molar-refractivity contribution in [3.63, 3.8) is 0 Å². The molecule has 0 aromatic heterocycles. The molecule has 0 aliphatic heterocycles. The fourth-order valence-electron chi connectivity index (χ4n) is 0.438. The van der Waals surface area contributed by atoms with Gasteiger partial charge in [-0.1, -0.05) is 6.08 Å². The monoisotopic (exact) mass is 246 g/mol. The average molecular weight is 246 g/mol. The minimum atomic E-state index is -4.45. The van der Waals surface area contributed by atoms with Crippen molar-refractivity contribution < 1.29 is 31.9 Å². The smallest absolute Gasteiger partial charge is 0.302 e. The molecule has 0 saturated carbocycles. The van der Waals surface area contributed by atoms with Gasteiger partial charge in [0.15, 0.2) is 0 Å². The standard InChI is InChI=1S/C5H12O7P2/c1-4-5-11-13(6,7)12-14(8,9-2)10-3/h4H,1,5H2,2-3H3,(H,6,7). The predicted molar refractivity (Wildman–Crippen MR) is 48.7 cm³/mol. The molecular formula is C5H12O7P2. The van der Waals surface area contributed by atoms with Gasteiger partial charge >= 0.3 is 15.6 Å². The number of phosphoric acid groups is 2. The van der Waals surface area contributed by atoms with E-state index in [4.69, 9.17) is 4.89 Å². The number of hydrogen-bond acceptors (Lipinski definition) is 6. The Morgan fingerprint density at radius 1 is 1.36 bits per heavy atom. The number of phosphoric ester groups is 2. The van der Waals surface area contributed by atoms with E-state index in [9.17, 15) is 9.13 Å². The van der Waals surface area contributed by atoms with E-state index >= 15 is 0 Å². The van der Waals surface area contributed by atoms with Crippen LogP contribution in [0.3, 0.4) is 0 Å². The summed E-state index contributed by atoms with van der Waals surface area (Å²) in [6.07, 6.45) is 1.23. The van der Waals surface area contributed by atoms with E-state index in [0.29, 0.717) is 0 Å². The fourth-order valence-corrected chi connectivity index (χ4v) is 2.61. The van der Waals surface area contributed by atoms with Crippen molar-refractivity contribution in [3.8, 4) is 0 Å². The second-order valence-corrected chi connectivity index (χ2v) is 5.42. The maximum atomic E-state index is 11.2. The van der Waals surface area contributed by atoms with Crippen molar-refractivity contribution in [1.29, 1.82) is 0 Å². The summed E-state index contributed by atoms with van der Waals surface area (Å²) in [6, 6.07) is 0. The van der Waals surface area contributed by atoms with Gasteiger partial charge in [0.25, 0.3) is 0 Å². The third-order valence-corrected chi connectivity index (χ3v) is 4.00. The highest BCUT2D eigenvalue weighted by molar-refractivity contribution is 7.61. The molecule has 84 valence electrons. The highest BCUT2D eigenvalue weighted by Gasteiger charge is 2.35. The summed E-state index contributed by atoms with van der Waals surface area (Å²) >= 11 is 0. The van der Waals surface area contributed by atoms with Gasteiger partial charge in [0, 0.05) is 14.2 Å². The highest BCUT2D eigenvalue weighted by Crippen LogP contribution is 2.62. The van der Waals surface area contributed by atoms with Crippen molar-refractivity contribution in [2.45, 2.75) is 0 Å². The first-order valence-corrected chi connectivity index (χ1v) is 6.36. The van der Waals surface area contributed by atoms with E-state index in [1.165, 1.54) is 6.08 Å². The topological polar surface area (TPSA) is 91.3 Å². The Balaban J connectivity index is 4.40. The summed E-state index contributed by atoms with van der Waals surface area (Å²) in [7, 11) is -6.44. The molecular weight excluding hydrogens is 234 g/mol. The molecule has 0 saturated heterocycles. The third kappa shape index (κ3) is 5.02. The summed E-state index contributed by atoms with van der Waals surface area (Å²) < 4.78 is 39.3. The minimum absolute atomic E-state index is 0.221. The molecule has 1 atom stereocenters. The Bertz CT molecular complexity index is 267. The van der Waals surface area contributed by atoms with Gasteiger partial charge in [-0.2, -0.15) is 4.31 Å². The van der Waals surface area contributed by atoms with Crippen LogP contribution in [0.15, 0.2) is 12.7 Å². The molecule has 14 heavy (non-hydrogen) atoms. The van der Waals surface area contributed by atoms with Crippen molar-refractivity contribution in [3.05, 3.63) is 12.7 Å². The van der Waals surface area contributed by atoms with Crippen molar-refractivity contribution >= 4 is 15.6 Å². The van der Waals surface area contributed by atoms with E-state index in [0.717, 1.165) is 14.2 Å². The van der Waals surface area contributed by atoms with Crippen LogP contribution < -0.4 is 0 Å². The van der Waals surface area contributed by atoms with E-state index in [2.05, 4.69) is 24.5 Å². The van der Waals surface area contributed by atoms with Crippen LogP contribution in [0.2, 0.25) is 0 Å². The van der Waals surface area contributed by atoms with Crippen LogP contribution in [0.25, 0.3) is 0 Å². The normalized spacial score (nSPS) is 16.2. The molecule has 1 unspecified atom stereocenters. The van der Waals surface area contributed by atoms with Gasteiger partial charge in [-0.15, -0.1) is 6.58 Å². The van der Waals surface area contributed by atoms with Crippen molar-refractivity contribution in [2.24, 2.45) is 0 Å². The lowest BCUT2D eigenvalue weighted by Crippen LogP contribution is -1.97. The van der Waals surface area contributed by atoms with Crippen LogP contribution in [0.4, 0.5) is 0 Å². The van der Waals surface area contributed by atoms with Crippen molar-refractivity contribution in [1.82, 2.24) is 0 Å². The minimum Gasteiger partial charge on any atom is -0.302 e. The highest BCUT2D eigenvalue weighted by atomic mass is 31.3. The second-order valence-electron chi connectivity index (χ2n) is 1.95. The summed E-state index contributed by atoms with van der Waals surface area (Å²) in [5.74, 6) is 0. The molecule has 0 aliphatic rings. The van der Waals surface area contributed by atoms with Gasteiger partial charge in [0.05, 0.1) is 6.61 Å². The number of hydrogen-bond donors (Lipinski definition) is 1. The van der Waals surface area contributed by atoms with Crippen molar-refractivity contribution in [2.75, 3.05) is 20.8 Å². The first kappa shape index (κ1) is 14.0. The lowest BCUT2D eigenvalue weighted by molar-refractivity contribution is 0.164. The fraction of sp³-hybridized carbons (Fsp3) is 0.600. The molecule has 7 nitrogen and oxygen atoms in total. The molecule has 0 radical (unpaired) electrons. The van der Waals surface area contributed by atoms with Crippen LogP contribution in [-0.2, 0) is 27.0 Å². The average Bonchev–Trinajstić information content (AvgIpc) is 2.14. The summed E-state index contributed by atoms with van der Waals surface area (Å²) in [5, 5.41) is 0. The maximum absolute atomic E-state index is 11.2. The Labute approximate surface area is 81.9 Å². The van der Waals surface area contributed by atoms with Gasteiger partial charge in [0.1, 0.15) is 0 Å². The molecule has 0 aromatic carbocycles. The Morgan fingerprint density at radius 2 is 1.86 bits per heavy atom. The summed E-state index contributed by atoms with van der Waals surface area (Å²) in [4.78, 5) is 8.97. The zero-order chi connectivity index (χ0) is 11.2. The molecule has 0 heterocycles. The van der Waals surface area contributed by atoms with Crippen LogP contribution in [0.5, 0.6) is 0 Å². The Kier molecular flexibility index (Phi) is 5.78. The Morgan fingerprint density at radius 3 is 2.21 bits per heavy atom. The maximum Gasteiger partial charge on any atom is 0.483 e. The Hall–Kier alpha value is -0.0000000000000000416. The first-order chi connectivity index (χ1) is 6.39.